The minimum atomic E-state index is -3.85. The quantitative estimate of drug-likeness (QED) is 0.811. The van der Waals surface area contributed by atoms with Crippen molar-refractivity contribution < 1.29 is 23.1 Å². The average Bonchev–Trinajstić information content (AvgIpc) is 2.79. The predicted molar refractivity (Wildman–Crippen MR) is 71.0 cm³/mol. The number of aliphatic carboxylic acids is 1. The van der Waals surface area contributed by atoms with Crippen LogP contribution in [-0.4, -0.2) is 38.5 Å². The van der Waals surface area contributed by atoms with Crippen molar-refractivity contribution in [1.82, 2.24) is 4.72 Å². The van der Waals surface area contributed by atoms with Gasteiger partial charge in [0, 0.05) is 19.2 Å². The lowest BCUT2D eigenvalue weighted by molar-refractivity contribution is -0.135. The molecule has 0 aliphatic carbocycles. The fraction of sp³-hybridized carbons (Fsp3) is 0.333. The molecule has 1 heterocycles. The van der Waals surface area contributed by atoms with E-state index in [1.165, 1.54) is 19.1 Å². The van der Waals surface area contributed by atoms with Crippen LogP contribution in [0.25, 0.3) is 0 Å². The molecule has 2 N–H and O–H groups in total. The van der Waals surface area contributed by atoms with Crippen molar-refractivity contribution in [2.45, 2.75) is 18.2 Å². The van der Waals surface area contributed by atoms with Crippen LogP contribution < -0.4 is 9.62 Å². The van der Waals surface area contributed by atoms with Gasteiger partial charge in [0.2, 0.25) is 15.9 Å². The van der Waals surface area contributed by atoms with Gasteiger partial charge in [0.05, 0.1) is 4.90 Å². The number of rotatable bonds is 4. The third kappa shape index (κ3) is 2.81. The first-order valence-electron chi connectivity index (χ1n) is 5.94. The second kappa shape index (κ2) is 5.22. The van der Waals surface area contributed by atoms with Crippen molar-refractivity contribution in [2.24, 2.45) is 0 Å². The van der Waals surface area contributed by atoms with Crippen LogP contribution in [0.4, 0.5) is 5.69 Å². The lowest BCUT2D eigenvalue weighted by Gasteiger charge is -2.14. The Hall–Kier alpha value is -1.93. The van der Waals surface area contributed by atoms with Gasteiger partial charge in [-0.2, -0.15) is 4.72 Å². The summed E-state index contributed by atoms with van der Waals surface area (Å²) in [6, 6.07) is 4.41. The number of carbonyl (C=O) groups is 2. The van der Waals surface area contributed by atoms with Crippen LogP contribution in [0.2, 0.25) is 0 Å². The van der Waals surface area contributed by atoms with Crippen molar-refractivity contribution in [1.29, 1.82) is 0 Å². The minimum absolute atomic E-state index is 0.00269. The highest BCUT2D eigenvalue weighted by atomic mass is 32.2. The number of nitrogens with zero attached hydrogens (tertiary/aromatic N) is 1. The molecule has 1 aliphatic rings. The standard InChI is InChI=1S/C12H14N2O5S/c1-8(15)14-5-4-9-6-10(2-3-11(9)14)20(18,19)13-7-12(16)17/h2-3,6,13H,4-5,7H2,1H3,(H,16,17). The number of carbonyl (C=O) groups excluding carboxylic acids is 1. The molecule has 0 saturated heterocycles. The maximum atomic E-state index is 11.9. The molecule has 0 radical (unpaired) electrons. The van der Waals surface area contributed by atoms with Gasteiger partial charge in [-0.1, -0.05) is 0 Å². The molecule has 1 aliphatic heterocycles. The molecule has 8 heteroatoms. The number of nitrogens with one attached hydrogen (secondary N) is 1. The van der Waals surface area contributed by atoms with E-state index in [2.05, 4.69) is 0 Å². The molecule has 2 rings (SSSR count). The number of hydrogen-bond donors (Lipinski definition) is 2. The zero-order chi connectivity index (χ0) is 14.9. The van der Waals surface area contributed by atoms with E-state index in [9.17, 15) is 18.0 Å². The fourth-order valence-electron chi connectivity index (χ4n) is 2.11. The molecule has 0 atom stereocenters. The van der Waals surface area contributed by atoms with E-state index in [-0.39, 0.29) is 10.8 Å². The van der Waals surface area contributed by atoms with Crippen LogP contribution >= 0.6 is 0 Å². The average molecular weight is 298 g/mol. The van der Waals surface area contributed by atoms with E-state index in [0.29, 0.717) is 18.7 Å². The summed E-state index contributed by atoms with van der Waals surface area (Å²) in [7, 11) is -3.85. The van der Waals surface area contributed by atoms with Crippen molar-refractivity contribution in [3.63, 3.8) is 0 Å². The van der Waals surface area contributed by atoms with Crippen LogP contribution in [0.3, 0.4) is 0 Å². The zero-order valence-electron chi connectivity index (χ0n) is 10.8. The van der Waals surface area contributed by atoms with Gasteiger partial charge in [0.15, 0.2) is 0 Å². The summed E-state index contributed by atoms with van der Waals surface area (Å²) in [5, 5.41) is 8.50. The van der Waals surface area contributed by atoms with Gasteiger partial charge in [0.1, 0.15) is 6.54 Å². The second-order valence-electron chi connectivity index (χ2n) is 4.43. The highest BCUT2D eigenvalue weighted by molar-refractivity contribution is 7.89. The van der Waals surface area contributed by atoms with Gasteiger partial charge in [0.25, 0.3) is 0 Å². The van der Waals surface area contributed by atoms with Crippen molar-refractivity contribution in [3.05, 3.63) is 23.8 Å². The Morgan fingerprint density at radius 3 is 2.70 bits per heavy atom. The number of amides is 1. The predicted octanol–water partition coefficient (Wildman–Crippen LogP) is -0.0415. The summed E-state index contributed by atoms with van der Waals surface area (Å²) in [5.41, 5.74) is 1.47. The third-order valence-corrected chi connectivity index (χ3v) is 4.45. The summed E-state index contributed by atoms with van der Waals surface area (Å²) in [6.45, 7) is 1.31. The Morgan fingerprint density at radius 1 is 1.40 bits per heavy atom. The van der Waals surface area contributed by atoms with Crippen LogP contribution in [0, 0.1) is 0 Å². The highest BCUT2D eigenvalue weighted by Crippen LogP contribution is 2.30. The molecular formula is C12H14N2O5S. The van der Waals surface area contributed by atoms with Crippen molar-refractivity contribution in [3.8, 4) is 0 Å². The Morgan fingerprint density at radius 2 is 2.10 bits per heavy atom. The number of benzene rings is 1. The number of carboxylic acids is 1. The molecule has 20 heavy (non-hydrogen) atoms. The topological polar surface area (TPSA) is 104 Å². The molecule has 7 nitrogen and oxygen atoms in total. The lowest BCUT2D eigenvalue weighted by Crippen LogP contribution is -2.29. The van der Waals surface area contributed by atoms with Gasteiger partial charge in [-0.15, -0.1) is 0 Å². The van der Waals surface area contributed by atoms with Crippen molar-refractivity contribution in [2.75, 3.05) is 18.0 Å². The number of hydrogen-bond acceptors (Lipinski definition) is 4. The van der Waals surface area contributed by atoms with Crippen LogP contribution in [-0.2, 0) is 26.0 Å². The molecule has 1 aromatic carbocycles. The van der Waals surface area contributed by atoms with Gasteiger partial charge < -0.3 is 10.0 Å². The Bertz CT molecular complexity index is 668. The SMILES string of the molecule is CC(=O)N1CCc2cc(S(=O)(=O)NCC(=O)O)ccc21. The molecule has 0 fully saturated rings. The molecular weight excluding hydrogens is 284 g/mol. The summed E-state index contributed by atoms with van der Waals surface area (Å²) < 4.78 is 25.8. The third-order valence-electron chi connectivity index (χ3n) is 3.05. The number of sulfonamides is 1. The van der Waals surface area contributed by atoms with E-state index in [0.717, 1.165) is 5.56 Å². The maximum Gasteiger partial charge on any atom is 0.318 e. The highest BCUT2D eigenvalue weighted by Gasteiger charge is 2.24. The first-order valence-corrected chi connectivity index (χ1v) is 7.42. The maximum absolute atomic E-state index is 11.9. The first-order chi connectivity index (χ1) is 9.31. The number of anilines is 1. The van der Waals surface area contributed by atoms with Crippen molar-refractivity contribution >= 4 is 27.6 Å². The molecule has 0 spiro atoms. The summed E-state index contributed by atoms with van der Waals surface area (Å²) >= 11 is 0. The molecule has 0 aromatic heterocycles. The van der Waals surface area contributed by atoms with Crippen LogP contribution in [0.1, 0.15) is 12.5 Å². The number of carboxylic acid groups (broad SMARTS) is 1. The Balaban J connectivity index is 2.29. The van der Waals surface area contributed by atoms with Crippen LogP contribution in [0.15, 0.2) is 23.1 Å². The molecule has 108 valence electrons. The normalized spacial score (nSPS) is 14.2. The monoisotopic (exact) mass is 298 g/mol. The minimum Gasteiger partial charge on any atom is -0.480 e. The van der Waals surface area contributed by atoms with Crippen LogP contribution in [0.5, 0.6) is 0 Å². The molecule has 1 amide bonds. The van der Waals surface area contributed by atoms with Gasteiger partial charge in [-0.25, -0.2) is 8.42 Å². The largest absolute Gasteiger partial charge is 0.480 e. The number of fused-ring (bicyclic) bond motifs is 1. The Kier molecular flexibility index (Phi) is 3.78. The summed E-state index contributed by atoms with van der Waals surface area (Å²) in [6.07, 6.45) is 0.581. The first kappa shape index (κ1) is 14.5. The van der Waals surface area contributed by atoms with Gasteiger partial charge >= 0.3 is 5.97 Å². The molecule has 0 bridgehead atoms. The molecule has 0 saturated carbocycles. The zero-order valence-corrected chi connectivity index (χ0v) is 11.6. The van der Waals surface area contributed by atoms with E-state index < -0.39 is 22.5 Å². The molecule has 0 unspecified atom stereocenters. The van der Waals surface area contributed by atoms with Gasteiger partial charge in [-0.3, -0.25) is 9.59 Å². The van der Waals surface area contributed by atoms with Gasteiger partial charge in [-0.05, 0) is 30.2 Å². The smallest absolute Gasteiger partial charge is 0.318 e. The fourth-order valence-corrected chi connectivity index (χ4v) is 3.14. The summed E-state index contributed by atoms with van der Waals surface area (Å²) in [4.78, 5) is 23.4. The van der Waals surface area contributed by atoms with E-state index in [4.69, 9.17) is 5.11 Å². The lowest BCUT2D eigenvalue weighted by atomic mass is 10.2. The van der Waals surface area contributed by atoms with E-state index in [1.807, 2.05) is 4.72 Å². The van der Waals surface area contributed by atoms with E-state index in [1.54, 1.807) is 11.0 Å². The molecule has 1 aromatic rings. The van der Waals surface area contributed by atoms with E-state index >= 15 is 0 Å². The second-order valence-corrected chi connectivity index (χ2v) is 6.20. The summed E-state index contributed by atoms with van der Waals surface area (Å²) in [5.74, 6) is -1.35. The Labute approximate surface area is 116 Å².